The molecule has 2 N–H and O–H groups in total. The van der Waals surface area contributed by atoms with E-state index in [1.807, 2.05) is 6.92 Å². The fraction of sp³-hybridized carbons (Fsp3) is 0.385. The van der Waals surface area contributed by atoms with Gasteiger partial charge < -0.3 is 10.3 Å². The van der Waals surface area contributed by atoms with Gasteiger partial charge in [-0.3, -0.25) is 0 Å². The molecular formula is C13H16FN3O. The van der Waals surface area contributed by atoms with Crippen molar-refractivity contribution in [2.45, 2.75) is 32.7 Å². The zero-order valence-corrected chi connectivity index (χ0v) is 10.5. The molecule has 0 amide bonds. The van der Waals surface area contributed by atoms with E-state index in [2.05, 4.69) is 10.1 Å². The number of nitrogens with two attached hydrogens (primary N) is 1. The highest BCUT2D eigenvalue weighted by Crippen LogP contribution is 2.22. The van der Waals surface area contributed by atoms with Gasteiger partial charge >= 0.3 is 0 Å². The third-order valence-corrected chi connectivity index (χ3v) is 2.86. The van der Waals surface area contributed by atoms with Gasteiger partial charge in [0.2, 0.25) is 0 Å². The van der Waals surface area contributed by atoms with Crippen LogP contribution in [0.1, 0.15) is 24.7 Å². The number of halogens is 1. The maximum absolute atomic E-state index is 13.0. The van der Waals surface area contributed by atoms with E-state index in [-0.39, 0.29) is 11.9 Å². The summed E-state index contributed by atoms with van der Waals surface area (Å²) in [5, 5.41) is 3.88. The van der Waals surface area contributed by atoms with Gasteiger partial charge in [0, 0.05) is 18.0 Å². The summed E-state index contributed by atoms with van der Waals surface area (Å²) in [5.41, 5.74) is 7.35. The highest BCUT2D eigenvalue weighted by atomic mass is 19.1. The zero-order valence-electron chi connectivity index (χ0n) is 10.5. The van der Waals surface area contributed by atoms with Gasteiger partial charge in [0.1, 0.15) is 5.82 Å². The van der Waals surface area contributed by atoms with Crippen molar-refractivity contribution in [3.8, 4) is 11.5 Å². The van der Waals surface area contributed by atoms with Crippen LogP contribution < -0.4 is 5.73 Å². The first-order chi connectivity index (χ1) is 8.60. The van der Waals surface area contributed by atoms with Crippen molar-refractivity contribution in [1.29, 1.82) is 0 Å². The minimum Gasteiger partial charge on any atom is -0.334 e. The van der Waals surface area contributed by atoms with Crippen LogP contribution in [0, 0.1) is 12.7 Å². The largest absolute Gasteiger partial charge is 0.334 e. The molecule has 1 atom stereocenters. The van der Waals surface area contributed by atoms with Crippen LogP contribution in [-0.4, -0.2) is 16.2 Å². The molecule has 18 heavy (non-hydrogen) atoms. The van der Waals surface area contributed by atoms with Crippen LogP contribution in [0.4, 0.5) is 4.39 Å². The van der Waals surface area contributed by atoms with Crippen LogP contribution >= 0.6 is 0 Å². The van der Waals surface area contributed by atoms with Crippen molar-refractivity contribution < 1.29 is 8.91 Å². The van der Waals surface area contributed by atoms with E-state index in [4.69, 9.17) is 10.3 Å². The molecule has 0 fully saturated rings. The maximum Gasteiger partial charge on any atom is 0.258 e. The Kier molecular flexibility index (Phi) is 3.72. The lowest BCUT2D eigenvalue weighted by atomic mass is 10.1. The summed E-state index contributed by atoms with van der Waals surface area (Å²) < 4.78 is 18.2. The lowest BCUT2D eigenvalue weighted by Crippen LogP contribution is -2.21. The van der Waals surface area contributed by atoms with Crippen molar-refractivity contribution in [2.24, 2.45) is 5.73 Å². The summed E-state index contributed by atoms with van der Waals surface area (Å²) in [7, 11) is 0. The SMILES string of the molecule is CCC(N)Cc1noc(-c2ccc(F)cc2C)n1. The highest BCUT2D eigenvalue weighted by Gasteiger charge is 2.13. The Labute approximate surface area is 105 Å². The molecule has 1 aromatic heterocycles. The monoisotopic (exact) mass is 249 g/mol. The normalized spacial score (nSPS) is 12.7. The van der Waals surface area contributed by atoms with Crippen LogP contribution in [0.2, 0.25) is 0 Å². The van der Waals surface area contributed by atoms with Gasteiger partial charge in [-0.15, -0.1) is 0 Å². The lowest BCUT2D eigenvalue weighted by molar-refractivity contribution is 0.419. The van der Waals surface area contributed by atoms with Crippen LogP contribution in [0.5, 0.6) is 0 Å². The van der Waals surface area contributed by atoms with Crippen LogP contribution in [-0.2, 0) is 6.42 Å². The van der Waals surface area contributed by atoms with Crippen LogP contribution in [0.25, 0.3) is 11.5 Å². The molecule has 4 nitrogen and oxygen atoms in total. The Morgan fingerprint density at radius 3 is 2.89 bits per heavy atom. The minimum absolute atomic E-state index is 0.0322. The maximum atomic E-state index is 13.0. The van der Waals surface area contributed by atoms with E-state index in [9.17, 15) is 4.39 Å². The summed E-state index contributed by atoms with van der Waals surface area (Å²) >= 11 is 0. The second-order valence-corrected chi connectivity index (χ2v) is 4.35. The molecule has 0 radical (unpaired) electrons. The molecular weight excluding hydrogens is 233 g/mol. The van der Waals surface area contributed by atoms with Gasteiger partial charge in [-0.1, -0.05) is 12.1 Å². The van der Waals surface area contributed by atoms with Crippen LogP contribution in [0.3, 0.4) is 0 Å². The number of nitrogens with zero attached hydrogens (tertiary/aromatic N) is 2. The third kappa shape index (κ3) is 2.73. The van der Waals surface area contributed by atoms with E-state index in [0.717, 1.165) is 17.5 Å². The molecule has 5 heteroatoms. The first-order valence-electron chi connectivity index (χ1n) is 5.95. The van der Waals surface area contributed by atoms with Gasteiger partial charge in [0.05, 0.1) is 0 Å². The molecule has 1 unspecified atom stereocenters. The minimum atomic E-state index is -0.274. The average molecular weight is 249 g/mol. The Balaban J connectivity index is 2.24. The van der Waals surface area contributed by atoms with E-state index in [1.54, 1.807) is 13.0 Å². The first-order valence-corrected chi connectivity index (χ1v) is 5.95. The molecule has 0 bridgehead atoms. The number of aromatic nitrogens is 2. The van der Waals surface area contributed by atoms with Crippen LogP contribution in [0.15, 0.2) is 22.7 Å². The standard InChI is InChI=1S/C13H16FN3O/c1-3-10(15)7-12-16-13(18-17-12)11-5-4-9(14)6-8(11)2/h4-6,10H,3,7,15H2,1-2H3. The molecule has 0 saturated carbocycles. The number of hydrogen-bond donors (Lipinski definition) is 1. The predicted octanol–water partition coefficient (Wildman–Crippen LogP) is 2.46. The fourth-order valence-electron chi connectivity index (χ4n) is 1.69. The Morgan fingerprint density at radius 1 is 1.44 bits per heavy atom. The molecule has 0 spiro atoms. The summed E-state index contributed by atoms with van der Waals surface area (Å²) in [4.78, 5) is 4.28. The molecule has 1 heterocycles. The summed E-state index contributed by atoms with van der Waals surface area (Å²) in [6, 6.07) is 4.49. The predicted molar refractivity (Wildman–Crippen MR) is 66.4 cm³/mol. The number of benzene rings is 1. The summed E-state index contributed by atoms with van der Waals surface area (Å²) in [6.45, 7) is 3.82. The number of hydrogen-bond acceptors (Lipinski definition) is 4. The van der Waals surface area contributed by atoms with Gasteiger partial charge in [0.25, 0.3) is 5.89 Å². The Hall–Kier alpha value is -1.75. The third-order valence-electron chi connectivity index (χ3n) is 2.86. The van der Waals surface area contributed by atoms with E-state index in [1.165, 1.54) is 12.1 Å². The van der Waals surface area contributed by atoms with Crippen molar-refractivity contribution in [1.82, 2.24) is 10.1 Å². The fourth-order valence-corrected chi connectivity index (χ4v) is 1.69. The first kappa shape index (κ1) is 12.7. The quantitative estimate of drug-likeness (QED) is 0.904. The van der Waals surface area contributed by atoms with Crippen molar-refractivity contribution in [2.75, 3.05) is 0 Å². The molecule has 0 saturated heterocycles. The number of aryl methyl sites for hydroxylation is 1. The lowest BCUT2D eigenvalue weighted by Gasteiger charge is -2.02. The summed E-state index contributed by atoms with van der Waals surface area (Å²) in [5.74, 6) is 0.720. The van der Waals surface area contributed by atoms with E-state index in [0.29, 0.717) is 18.1 Å². The average Bonchev–Trinajstić information content (AvgIpc) is 2.77. The smallest absolute Gasteiger partial charge is 0.258 e. The molecule has 2 rings (SSSR count). The second kappa shape index (κ2) is 5.27. The van der Waals surface area contributed by atoms with Gasteiger partial charge in [-0.2, -0.15) is 4.98 Å². The van der Waals surface area contributed by atoms with Crippen molar-refractivity contribution in [3.63, 3.8) is 0 Å². The van der Waals surface area contributed by atoms with Crippen molar-refractivity contribution in [3.05, 3.63) is 35.4 Å². The molecule has 0 aliphatic rings. The summed E-state index contributed by atoms with van der Waals surface area (Å²) in [6.07, 6.45) is 1.44. The molecule has 0 aliphatic carbocycles. The van der Waals surface area contributed by atoms with Gasteiger partial charge in [0.15, 0.2) is 5.82 Å². The number of rotatable bonds is 4. The zero-order chi connectivity index (χ0) is 13.1. The molecule has 2 aromatic rings. The topological polar surface area (TPSA) is 64.9 Å². The Morgan fingerprint density at radius 2 is 2.22 bits per heavy atom. The van der Waals surface area contributed by atoms with Crippen molar-refractivity contribution >= 4 is 0 Å². The Bertz CT molecular complexity index is 539. The van der Waals surface area contributed by atoms with E-state index >= 15 is 0 Å². The molecule has 0 aliphatic heterocycles. The van der Waals surface area contributed by atoms with Gasteiger partial charge in [-0.25, -0.2) is 4.39 Å². The highest BCUT2D eigenvalue weighted by molar-refractivity contribution is 5.57. The molecule has 1 aromatic carbocycles. The second-order valence-electron chi connectivity index (χ2n) is 4.35. The van der Waals surface area contributed by atoms with E-state index < -0.39 is 0 Å². The van der Waals surface area contributed by atoms with Gasteiger partial charge in [-0.05, 0) is 37.1 Å². The molecule has 96 valence electrons.